The van der Waals surface area contributed by atoms with Crippen molar-refractivity contribution in [3.8, 4) is 11.5 Å². The molecule has 0 saturated heterocycles. The van der Waals surface area contributed by atoms with Crippen LogP contribution in [0.4, 0.5) is 0 Å². The molecule has 7 heteroatoms. The Bertz CT molecular complexity index is 577. The summed E-state index contributed by atoms with van der Waals surface area (Å²) < 4.78 is 35.6. The van der Waals surface area contributed by atoms with Crippen molar-refractivity contribution in [2.45, 2.75) is 60.4 Å². The van der Waals surface area contributed by atoms with Gasteiger partial charge in [-0.2, -0.15) is 0 Å². The Morgan fingerprint density at radius 2 is 1.70 bits per heavy atom. The SMILES string of the molecule is CCO[Si](COc1ccc2c(c1)COC(C)(CC(C)C)O2)(OCC)OCC. The van der Waals surface area contributed by atoms with E-state index in [2.05, 4.69) is 13.8 Å². The highest BCUT2D eigenvalue weighted by molar-refractivity contribution is 6.60. The van der Waals surface area contributed by atoms with Crippen LogP contribution in [0.1, 0.15) is 53.5 Å². The van der Waals surface area contributed by atoms with Crippen molar-refractivity contribution >= 4 is 8.80 Å². The molecule has 1 aliphatic rings. The molecule has 0 bridgehead atoms. The molecule has 27 heavy (non-hydrogen) atoms. The first-order chi connectivity index (χ1) is 12.9. The van der Waals surface area contributed by atoms with Crippen molar-refractivity contribution in [2.24, 2.45) is 5.92 Å². The molecule has 0 spiro atoms. The van der Waals surface area contributed by atoms with Crippen LogP contribution in [0.3, 0.4) is 0 Å². The molecule has 1 aliphatic heterocycles. The number of ether oxygens (including phenoxy) is 3. The number of fused-ring (bicyclic) bond motifs is 1. The van der Waals surface area contributed by atoms with E-state index < -0.39 is 14.6 Å². The van der Waals surface area contributed by atoms with E-state index in [9.17, 15) is 0 Å². The highest BCUT2D eigenvalue weighted by atomic mass is 28.4. The second-order valence-corrected chi connectivity index (χ2v) is 9.68. The summed E-state index contributed by atoms with van der Waals surface area (Å²) in [7, 11) is -2.84. The Labute approximate surface area is 164 Å². The van der Waals surface area contributed by atoms with Gasteiger partial charge in [-0.3, -0.25) is 0 Å². The van der Waals surface area contributed by atoms with Gasteiger partial charge in [0.25, 0.3) is 0 Å². The second-order valence-electron chi connectivity index (χ2n) is 7.16. The lowest BCUT2D eigenvalue weighted by Gasteiger charge is -2.37. The summed E-state index contributed by atoms with van der Waals surface area (Å²) in [6.07, 6.45) is 1.12. The van der Waals surface area contributed by atoms with Crippen molar-refractivity contribution in [3.05, 3.63) is 23.8 Å². The number of hydrogen-bond donors (Lipinski definition) is 0. The summed E-state index contributed by atoms with van der Waals surface area (Å²) in [6, 6.07) is 5.80. The van der Waals surface area contributed by atoms with Crippen LogP contribution in [0.15, 0.2) is 18.2 Å². The van der Waals surface area contributed by atoms with E-state index in [1.54, 1.807) is 0 Å². The molecule has 1 aromatic carbocycles. The summed E-state index contributed by atoms with van der Waals surface area (Å²) in [6.45, 7) is 14.2. The molecule has 6 nitrogen and oxygen atoms in total. The lowest BCUT2D eigenvalue weighted by molar-refractivity contribution is -0.202. The molecule has 0 amide bonds. The van der Waals surface area contributed by atoms with Crippen molar-refractivity contribution in [2.75, 3.05) is 26.1 Å². The van der Waals surface area contributed by atoms with E-state index >= 15 is 0 Å². The summed E-state index contributed by atoms with van der Waals surface area (Å²) in [5, 5.41) is 0. The smallest absolute Gasteiger partial charge is 0.489 e. The molecule has 0 radical (unpaired) electrons. The van der Waals surface area contributed by atoms with E-state index in [0.29, 0.717) is 32.3 Å². The average Bonchev–Trinajstić information content (AvgIpc) is 2.60. The van der Waals surface area contributed by atoms with E-state index in [1.807, 2.05) is 45.9 Å². The average molecular weight is 399 g/mol. The molecule has 2 rings (SSSR count). The minimum Gasteiger partial charge on any atom is -0.489 e. The quantitative estimate of drug-likeness (QED) is 0.517. The predicted molar refractivity (Wildman–Crippen MR) is 106 cm³/mol. The topological polar surface area (TPSA) is 55.4 Å². The maximum Gasteiger partial charge on any atom is 0.540 e. The first-order valence-electron chi connectivity index (χ1n) is 9.86. The van der Waals surface area contributed by atoms with Crippen molar-refractivity contribution in [1.29, 1.82) is 0 Å². The van der Waals surface area contributed by atoms with Crippen LogP contribution in [-0.2, 0) is 24.6 Å². The fraction of sp³-hybridized carbons (Fsp3) is 0.700. The van der Waals surface area contributed by atoms with Gasteiger partial charge in [-0.15, -0.1) is 0 Å². The maximum atomic E-state index is 6.10. The molecule has 1 atom stereocenters. The zero-order chi connectivity index (χ0) is 19.9. The largest absolute Gasteiger partial charge is 0.540 e. The van der Waals surface area contributed by atoms with Gasteiger partial charge >= 0.3 is 8.80 Å². The van der Waals surface area contributed by atoms with Gasteiger partial charge in [0.1, 0.15) is 11.5 Å². The van der Waals surface area contributed by atoms with Crippen LogP contribution in [0, 0.1) is 5.92 Å². The minimum absolute atomic E-state index is 0.272. The van der Waals surface area contributed by atoms with E-state index in [1.165, 1.54) is 0 Å². The molecule has 1 aromatic rings. The molecular formula is C20H34O6Si. The summed E-state index contributed by atoms with van der Waals surface area (Å²) in [4.78, 5) is 0. The highest BCUT2D eigenvalue weighted by Gasteiger charge is 2.42. The Hall–Kier alpha value is -1.12. The standard InChI is InChI=1S/C20H34O6Si/c1-7-23-27(24-8-2,25-9-3)15-21-18-10-11-19-17(12-18)14-22-20(6,26-19)13-16(4)5/h10-12,16H,7-9,13-15H2,1-6H3. The van der Waals surface area contributed by atoms with Gasteiger partial charge in [0.2, 0.25) is 5.79 Å². The third kappa shape index (κ3) is 6.19. The zero-order valence-corrected chi connectivity index (χ0v) is 18.5. The van der Waals surface area contributed by atoms with Gasteiger partial charge in [-0.25, -0.2) is 0 Å². The molecule has 0 aliphatic carbocycles. The van der Waals surface area contributed by atoms with Crippen molar-refractivity contribution in [1.82, 2.24) is 0 Å². The predicted octanol–water partition coefficient (Wildman–Crippen LogP) is 4.32. The third-order valence-electron chi connectivity index (χ3n) is 4.18. The Balaban J connectivity index is 2.07. The van der Waals surface area contributed by atoms with E-state index in [-0.39, 0.29) is 6.23 Å². The Kier molecular flexibility index (Phi) is 8.12. The molecule has 0 fully saturated rings. The molecule has 0 aromatic heterocycles. The monoisotopic (exact) mass is 398 g/mol. The second kappa shape index (κ2) is 9.89. The number of hydrogen-bond acceptors (Lipinski definition) is 6. The van der Waals surface area contributed by atoms with Gasteiger partial charge in [0.05, 0.1) is 6.61 Å². The van der Waals surface area contributed by atoms with E-state index in [4.69, 9.17) is 27.5 Å². The van der Waals surface area contributed by atoms with Gasteiger partial charge in [0.15, 0.2) is 6.23 Å². The Morgan fingerprint density at radius 3 is 2.26 bits per heavy atom. The third-order valence-corrected chi connectivity index (χ3v) is 6.86. The van der Waals surface area contributed by atoms with Gasteiger partial charge in [0, 0.05) is 38.7 Å². The van der Waals surface area contributed by atoms with Crippen LogP contribution in [0.5, 0.6) is 11.5 Å². The molecule has 1 heterocycles. The van der Waals surface area contributed by atoms with Crippen LogP contribution in [-0.4, -0.2) is 40.6 Å². The van der Waals surface area contributed by atoms with E-state index in [0.717, 1.165) is 23.5 Å². The van der Waals surface area contributed by atoms with Gasteiger partial charge < -0.3 is 27.5 Å². The Morgan fingerprint density at radius 1 is 1.07 bits per heavy atom. The zero-order valence-electron chi connectivity index (χ0n) is 17.5. The van der Waals surface area contributed by atoms with Crippen LogP contribution < -0.4 is 9.47 Å². The molecule has 154 valence electrons. The normalized spacial score (nSPS) is 19.7. The fourth-order valence-electron chi connectivity index (χ4n) is 3.27. The molecule has 1 unspecified atom stereocenters. The lowest BCUT2D eigenvalue weighted by atomic mass is 10.0. The van der Waals surface area contributed by atoms with Crippen molar-refractivity contribution < 1.29 is 27.5 Å². The molecule has 0 N–H and O–H groups in total. The first kappa shape index (κ1) is 22.2. The van der Waals surface area contributed by atoms with Crippen LogP contribution in [0.25, 0.3) is 0 Å². The maximum absolute atomic E-state index is 6.10. The van der Waals surface area contributed by atoms with Gasteiger partial charge in [-0.1, -0.05) is 13.8 Å². The summed E-state index contributed by atoms with van der Waals surface area (Å²) in [5.74, 6) is 1.49. The first-order valence-corrected chi connectivity index (χ1v) is 11.8. The summed E-state index contributed by atoms with van der Waals surface area (Å²) >= 11 is 0. The number of rotatable bonds is 11. The fourth-order valence-corrected chi connectivity index (χ4v) is 5.44. The highest BCUT2D eigenvalue weighted by Crippen LogP contribution is 2.36. The lowest BCUT2D eigenvalue weighted by Crippen LogP contribution is -2.51. The van der Waals surface area contributed by atoms with Crippen molar-refractivity contribution in [3.63, 3.8) is 0 Å². The molecular weight excluding hydrogens is 364 g/mol. The summed E-state index contributed by atoms with van der Waals surface area (Å²) in [5.41, 5.74) is 0.977. The number of benzene rings is 1. The van der Waals surface area contributed by atoms with Crippen LogP contribution >= 0.6 is 0 Å². The molecule has 0 saturated carbocycles. The minimum atomic E-state index is -2.84. The van der Waals surface area contributed by atoms with Crippen LogP contribution in [0.2, 0.25) is 0 Å². The van der Waals surface area contributed by atoms with Gasteiger partial charge in [-0.05, 0) is 44.9 Å².